The molecule has 0 spiro atoms. The third-order valence-electron chi connectivity index (χ3n) is 2.27. The lowest BCUT2D eigenvalue weighted by Gasteiger charge is -2.17. The minimum atomic E-state index is -0.627. The molecule has 0 saturated heterocycles. The van der Waals surface area contributed by atoms with Crippen LogP contribution in [0.5, 0.6) is 11.5 Å². The van der Waals surface area contributed by atoms with Gasteiger partial charge >= 0.3 is 0 Å². The minimum absolute atomic E-state index is 0.407. The highest BCUT2D eigenvalue weighted by molar-refractivity contribution is 6.33. The molecule has 1 aromatic carbocycles. The van der Waals surface area contributed by atoms with E-state index in [1.807, 2.05) is 6.92 Å². The summed E-state index contributed by atoms with van der Waals surface area (Å²) < 4.78 is 10.3. The van der Waals surface area contributed by atoms with Gasteiger partial charge in [-0.2, -0.15) is 0 Å². The Morgan fingerprint density at radius 2 is 1.93 bits per heavy atom. The molecule has 0 aliphatic carbocycles. The molecule has 84 valence electrons. The molecule has 1 N–H and O–H groups in total. The van der Waals surface area contributed by atoms with E-state index in [0.29, 0.717) is 22.1 Å². The van der Waals surface area contributed by atoms with Crippen molar-refractivity contribution in [1.82, 2.24) is 0 Å². The molecule has 15 heavy (non-hydrogen) atoms. The number of hydrogen-bond donors (Lipinski definition) is 1. The maximum absolute atomic E-state index is 9.59. The van der Waals surface area contributed by atoms with Crippen LogP contribution < -0.4 is 9.47 Å². The monoisotopic (exact) mass is 230 g/mol. The number of hydrogen-bond acceptors (Lipinski definition) is 3. The first-order valence-electron chi connectivity index (χ1n) is 4.62. The molecule has 0 fully saturated rings. The Labute approximate surface area is 94.6 Å². The summed E-state index contributed by atoms with van der Waals surface area (Å²) in [5.74, 6) is 1.03. The van der Waals surface area contributed by atoms with Gasteiger partial charge in [0.2, 0.25) is 0 Å². The zero-order chi connectivity index (χ0) is 11.6. The van der Waals surface area contributed by atoms with E-state index in [1.165, 1.54) is 7.11 Å². The smallest absolute Gasteiger partial charge is 0.179 e. The molecule has 0 aliphatic heterocycles. The molecule has 0 aromatic heterocycles. The van der Waals surface area contributed by atoms with Crippen LogP contribution in [0.1, 0.15) is 24.2 Å². The fourth-order valence-corrected chi connectivity index (χ4v) is 2.08. The Hall–Kier alpha value is -0.930. The van der Waals surface area contributed by atoms with Gasteiger partial charge in [0.05, 0.1) is 25.3 Å². The lowest BCUT2D eigenvalue weighted by molar-refractivity contribution is 0.198. The lowest BCUT2D eigenvalue weighted by Crippen LogP contribution is -2.01. The van der Waals surface area contributed by atoms with E-state index in [0.717, 1.165) is 5.56 Å². The van der Waals surface area contributed by atoms with Crippen LogP contribution in [0.2, 0.25) is 5.02 Å². The van der Waals surface area contributed by atoms with Gasteiger partial charge in [-0.1, -0.05) is 11.6 Å². The molecule has 1 atom stereocenters. The van der Waals surface area contributed by atoms with Crippen LogP contribution >= 0.6 is 11.6 Å². The molecule has 1 aromatic rings. The summed E-state index contributed by atoms with van der Waals surface area (Å²) in [5, 5.41) is 9.99. The van der Waals surface area contributed by atoms with Gasteiger partial charge < -0.3 is 14.6 Å². The highest BCUT2D eigenvalue weighted by atomic mass is 35.5. The number of methoxy groups -OCH3 is 2. The summed E-state index contributed by atoms with van der Waals surface area (Å²) in [5.41, 5.74) is 1.56. The fourth-order valence-electron chi connectivity index (χ4n) is 1.60. The van der Waals surface area contributed by atoms with Gasteiger partial charge in [-0.25, -0.2) is 0 Å². The first-order valence-corrected chi connectivity index (χ1v) is 4.99. The highest BCUT2D eigenvalue weighted by Crippen LogP contribution is 2.41. The van der Waals surface area contributed by atoms with Crippen LogP contribution in [0.15, 0.2) is 6.07 Å². The van der Waals surface area contributed by atoms with Crippen molar-refractivity contribution in [2.24, 2.45) is 0 Å². The predicted molar refractivity (Wildman–Crippen MR) is 59.9 cm³/mol. The summed E-state index contributed by atoms with van der Waals surface area (Å²) >= 11 is 6.13. The van der Waals surface area contributed by atoms with Crippen molar-refractivity contribution in [3.05, 3.63) is 22.2 Å². The van der Waals surface area contributed by atoms with Crippen molar-refractivity contribution in [2.75, 3.05) is 14.2 Å². The second-order valence-electron chi connectivity index (χ2n) is 3.33. The van der Waals surface area contributed by atoms with Crippen LogP contribution in [0.3, 0.4) is 0 Å². The molecular weight excluding hydrogens is 216 g/mol. The van der Waals surface area contributed by atoms with Gasteiger partial charge in [0, 0.05) is 5.56 Å². The normalized spacial score (nSPS) is 12.4. The van der Waals surface area contributed by atoms with Gasteiger partial charge in [-0.3, -0.25) is 0 Å². The van der Waals surface area contributed by atoms with E-state index in [2.05, 4.69) is 0 Å². The number of halogens is 1. The van der Waals surface area contributed by atoms with Crippen LogP contribution in [-0.2, 0) is 0 Å². The molecular formula is C11H15ClO3. The zero-order valence-corrected chi connectivity index (χ0v) is 10.1. The van der Waals surface area contributed by atoms with E-state index in [4.69, 9.17) is 21.1 Å². The largest absolute Gasteiger partial charge is 0.493 e. The molecule has 0 saturated carbocycles. The molecule has 1 rings (SSSR count). The summed E-state index contributed by atoms with van der Waals surface area (Å²) in [6.07, 6.45) is -0.627. The van der Waals surface area contributed by atoms with Crippen molar-refractivity contribution in [2.45, 2.75) is 20.0 Å². The number of aryl methyl sites for hydroxylation is 1. The lowest BCUT2D eigenvalue weighted by atomic mass is 10.0. The number of rotatable bonds is 3. The second kappa shape index (κ2) is 4.73. The van der Waals surface area contributed by atoms with Crippen LogP contribution in [-0.4, -0.2) is 19.3 Å². The fraction of sp³-hybridized carbons (Fsp3) is 0.455. The van der Waals surface area contributed by atoms with E-state index in [-0.39, 0.29) is 0 Å². The quantitative estimate of drug-likeness (QED) is 0.868. The molecule has 0 aliphatic rings. The van der Waals surface area contributed by atoms with Crippen LogP contribution in [0, 0.1) is 6.92 Å². The Bertz CT molecular complexity index is 361. The van der Waals surface area contributed by atoms with Crippen molar-refractivity contribution in [3.8, 4) is 11.5 Å². The van der Waals surface area contributed by atoms with Crippen molar-refractivity contribution in [1.29, 1.82) is 0 Å². The summed E-state index contributed by atoms with van der Waals surface area (Å²) in [6, 6.07) is 1.80. The van der Waals surface area contributed by atoms with Gasteiger partial charge in [0.25, 0.3) is 0 Å². The molecule has 0 amide bonds. The summed E-state index contributed by atoms with van der Waals surface area (Å²) in [6.45, 7) is 3.54. The SMILES string of the molecule is COc1cc(C)c(C(C)O)c(Cl)c1OC. The highest BCUT2D eigenvalue weighted by Gasteiger charge is 2.18. The van der Waals surface area contributed by atoms with Gasteiger partial charge in [-0.15, -0.1) is 0 Å². The second-order valence-corrected chi connectivity index (χ2v) is 3.71. The maximum atomic E-state index is 9.59. The first kappa shape index (κ1) is 12.1. The minimum Gasteiger partial charge on any atom is -0.493 e. The van der Waals surface area contributed by atoms with E-state index in [9.17, 15) is 5.11 Å². The standard InChI is InChI=1S/C11H15ClO3/c1-6-5-8(14-3)11(15-4)10(12)9(6)7(2)13/h5,7,13H,1-4H3. The molecule has 0 bridgehead atoms. The van der Waals surface area contributed by atoms with E-state index < -0.39 is 6.10 Å². The predicted octanol–water partition coefficient (Wildman–Crippen LogP) is 2.72. The Morgan fingerprint density at radius 1 is 1.33 bits per heavy atom. The molecule has 1 unspecified atom stereocenters. The average molecular weight is 231 g/mol. The third kappa shape index (κ3) is 2.19. The molecule has 0 radical (unpaired) electrons. The summed E-state index contributed by atoms with van der Waals surface area (Å²) in [7, 11) is 3.07. The van der Waals surface area contributed by atoms with E-state index in [1.54, 1.807) is 20.1 Å². The van der Waals surface area contributed by atoms with E-state index >= 15 is 0 Å². The Balaban J connectivity index is 3.44. The number of aliphatic hydroxyl groups excluding tert-OH is 1. The van der Waals surface area contributed by atoms with Gasteiger partial charge in [0.1, 0.15) is 0 Å². The molecule has 3 nitrogen and oxygen atoms in total. The number of aliphatic hydroxyl groups is 1. The van der Waals surface area contributed by atoms with Crippen LogP contribution in [0.4, 0.5) is 0 Å². The van der Waals surface area contributed by atoms with Crippen molar-refractivity contribution in [3.63, 3.8) is 0 Å². The van der Waals surface area contributed by atoms with Crippen molar-refractivity contribution < 1.29 is 14.6 Å². The Kier molecular flexibility index (Phi) is 3.83. The molecule has 4 heteroatoms. The van der Waals surface area contributed by atoms with Gasteiger partial charge in [0.15, 0.2) is 11.5 Å². The number of ether oxygens (including phenoxy) is 2. The number of benzene rings is 1. The topological polar surface area (TPSA) is 38.7 Å². The van der Waals surface area contributed by atoms with Gasteiger partial charge in [-0.05, 0) is 25.5 Å². The Morgan fingerprint density at radius 3 is 2.33 bits per heavy atom. The first-order chi connectivity index (χ1) is 7.02. The maximum Gasteiger partial charge on any atom is 0.179 e. The third-order valence-corrected chi connectivity index (χ3v) is 2.65. The van der Waals surface area contributed by atoms with Crippen LogP contribution in [0.25, 0.3) is 0 Å². The average Bonchev–Trinajstić information content (AvgIpc) is 2.16. The van der Waals surface area contributed by atoms with Crippen molar-refractivity contribution >= 4 is 11.6 Å². The molecule has 0 heterocycles. The summed E-state index contributed by atoms with van der Waals surface area (Å²) in [4.78, 5) is 0. The zero-order valence-electron chi connectivity index (χ0n) is 9.30.